The lowest BCUT2D eigenvalue weighted by molar-refractivity contribution is -0.120. The van der Waals surface area contributed by atoms with Crippen molar-refractivity contribution in [2.24, 2.45) is 5.92 Å². The SMILES string of the molecule is CCCCc1ccc(NC(=O)[C@H]2CCCNC2)cc1. The normalized spacial score (nSPS) is 19.1. The average Bonchev–Trinajstić information content (AvgIpc) is 2.47. The van der Waals surface area contributed by atoms with Gasteiger partial charge in [-0.1, -0.05) is 25.5 Å². The van der Waals surface area contributed by atoms with Crippen molar-refractivity contribution in [2.45, 2.75) is 39.0 Å². The molecule has 1 atom stereocenters. The van der Waals surface area contributed by atoms with Crippen LogP contribution in [0, 0.1) is 5.92 Å². The number of amides is 1. The Hall–Kier alpha value is -1.35. The smallest absolute Gasteiger partial charge is 0.228 e. The number of anilines is 1. The van der Waals surface area contributed by atoms with E-state index in [2.05, 4.69) is 29.7 Å². The molecule has 1 aliphatic rings. The molecular weight excluding hydrogens is 236 g/mol. The van der Waals surface area contributed by atoms with E-state index in [1.165, 1.54) is 18.4 Å². The molecule has 0 unspecified atom stereocenters. The summed E-state index contributed by atoms with van der Waals surface area (Å²) in [7, 11) is 0. The number of carbonyl (C=O) groups is 1. The second kappa shape index (κ2) is 7.29. The summed E-state index contributed by atoms with van der Waals surface area (Å²) in [4.78, 5) is 12.1. The highest BCUT2D eigenvalue weighted by molar-refractivity contribution is 5.92. The summed E-state index contributed by atoms with van der Waals surface area (Å²) in [5.74, 6) is 0.266. The van der Waals surface area contributed by atoms with Crippen molar-refractivity contribution < 1.29 is 4.79 Å². The van der Waals surface area contributed by atoms with E-state index in [0.717, 1.165) is 38.0 Å². The third-order valence-electron chi connectivity index (χ3n) is 3.71. The Morgan fingerprint density at radius 3 is 2.79 bits per heavy atom. The first-order chi connectivity index (χ1) is 9.29. The molecule has 3 nitrogen and oxygen atoms in total. The molecule has 2 N–H and O–H groups in total. The van der Waals surface area contributed by atoms with Gasteiger partial charge in [-0.2, -0.15) is 0 Å². The third-order valence-corrected chi connectivity index (χ3v) is 3.71. The summed E-state index contributed by atoms with van der Waals surface area (Å²) in [5.41, 5.74) is 2.26. The van der Waals surface area contributed by atoms with Crippen LogP contribution in [-0.2, 0) is 11.2 Å². The minimum absolute atomic E-state index is 0.119. The van der Waals surface area contributed by atoms with Gasteiger partial charge in [-0.25, -0.2) is 0 Å². The van der Waals surface area contributed by atoms with Gasteiger partial charge in [0.1, 0.15) is 0 Å². The van der Waals surface area contributed by atoms with Gasteiger partial charge in [0, 0.05) is 12.2 Å². The lowest BCUT2D eigenvalue weighted by Crippen LogP contribution is -2.37. The van der Waals surface area contributed by atoms with Crippen LogP contribution in [0.4, 0.5) is 5.69 Å². The number of piperidine rings is 1. The van der Waals surface area contributed by atoms with Crippen molar-refractivity contribution >= 4 is 11.6 Å². The summed E-state index contributed by atoms with van der Waals surface area (Å²) < 4.78 is 0. The molecule has 0 spiro atoms. The Bertz CT molecular complexity index is 394. The van der Waals surface area contributed by atoms with Gasteiger partial charge in [0.2, 0.25) is 5.91 Å². The fourth-order valence-corrected chi connectivity index (χ4v) is 2.46. The molecule has 0 bridgehead atoms. The number of aryl methyl sites for hydroxylation is 1. The molecule has 1 aliphatic heterocycles. The van der Waals surface area contributed by atoms with E-state index in [1.54, 1.807) is 0 Å². The zero-order valence-corrected chi connectivity index (χ0v) is 11.7. The van der Waals surface area contributed by atoms with Gasteiger partial charge < -0.3 is 10.6 Å². The predicted octanol–water partition coefficient (Wildman–Crippen LogP) is 2.97. The van der Waals surface area contributed by atoms with Crippen LogP contribution in [0.2, 0.25) is 0 Å². The van der Waals surface area contributed by atoms with E-state index >= 15 is 0 Å². The topological polar surface area (TPSA) is 41.1 Å². The van der Waals surface area contributed by atoms with Crippen LogP contribution in [0.5, 0.6) is 0 Å². The van der Waals surface area contributed by atoms with Crippen molar-refractivity contribution in [3.05, 3.63) is 29.8 Å². The van der Waals surface area contributed by atoms with Crippen LogP contribution < -0.4 is 10.6 Å². The van der Waals surface area contributed by atoms with Crippen molar-refractivity contribution in [3.8, 4) is 0 Å². The zero-order chi connectivity index (χ0) is 13.5. The third kappa shape index (κ3) is 4.35. The lowest BCUT2D eigenvalue weighted by Gasteiger charge is -2.21. The van der Waals surface area contributed by atoms with Crippen molar-refractivity contribution in [2.75, 3.05) is 18.4 Å². The van der Waals surface area contributed by atoms with Crippen LogP contribution >= 0.6 is 0 Å². The van der Waals surface area contributed by atoms with Gasteiger partial charge in [-0.3, -0.25) is 4.79 Å². The van der Waals surface area contributed by atoms with Gasteiger partial charge in [0.05, 0.1) is 5.92 Å². The van der Waals surface area contributed by atoms with Gasteiger partial charge in [0.25, 0.3) is 0 Å². The quantitative estimate of drug-likeness (QED) is 0.854. The number of rotatable bonds is 5. The Morgan fingerprint density at radius 1 is 1.37 bits per heavy atom. The zero-order valence-electron chi connectivity index (χ0n) is 11.7. The Labute approximate surface area is 115 Å². The highest BCUT2D eigenvalue weighted by atomic mass is 16.1. The van der Waals surface area contributed by atoms with Crippen LogP contribution in [0.3, 0.4) is 0 Å². The van der Waals surface area contributed by atoms with E-state index in [1.807, 2.05) is 12.1 Å². The number of nitrogens with one attached hydrogen (secondary N) is 2. The predicted molar refractivity (Wildman–Crippen MR) is 79.3 cm³/mol. The molecule has 1 heterocycles. The molecule has 0 aliphatic carbocycles. The molecule has 0 radical (unpaired) electrons. The Kier molecular flexibility index (Phi) is 5.40. The first kappa shape index (κ1) is 14.1. The van der Waals surface area contributed by atoms with Gasteiger partial charge in [-0.15, -0.1) is 0 Å². The molecule has 104 valence electrons. The second-order valence-corrected chi connectivity index (χ2v) is 5.33. The van der Waals surface area contributed by atoms with E-state index < -0.39 is 0 Å². The number of hydrogen-bond donors (Lipinski definition) is 2. The largest absolute Gasteiger partial charge is 0.326 e. The summed E-state index contributed by atoms with van der Waals surface area (Å²) >= 11 is 0. The Morgan fingerprint density at radius 2 is 2.16 bits per heavy atom. The number of benzene rings is 1. The van der Waals surface area contributed by atoms with Crippen LogP contribution in [0.15, 0.2) is 24.3 Å². The van der Waals surface area contributed by atoms with E-state index in [9.17, 15) is 4.79 Å². The highest BCUT2D eigenvalue weighted by Crippen LogP contribution is 2.15. The molecule has 19 heavy (non-hydrogen) atoms. The minimum atomic E-state index is 0.119. The molecule has 1 amide bonds. The standard InChI is InChI=1S/C16H24N2O/c1-2-3-5-13-7-9-15(10-8-13)18-16(19)14-6-4-11-17-12-14/h7-10,14,17H,2-6,11-12H2,1H3,(H,18,19)/t14-/m0/s1. The first-order valence-electron chi connectivity index (χ1n) is 7.40. The van der Waals surface area contributed by atoms with E-state index in [0.29, 0.717) is 0 Å². The molecule has 1 aromatic carbocycles. The molecule has 0 saturated carbocycles. The molecule has 1 fully saturated rings. The fraction of sp³-hybridized carbons (Fsp3) is 0.562. The molecule has 2 rings (SSSR count). The summed E-state index contributed by atoms with van der Waals surface area (Å²) in [6.07, 6.45) is 5.64. The number of carbonyl (C=O) groups excluding carboxylic acids is 1. The monoisotopic (exact) mass is 260 g/mol. The maximum atomic E-state index is 12.1. The van der Waals surface area contributed by atoms with E-state index in [-0.39, 0.29) is 11.8 Å². The molecular formula is C16H24N2O. The maximum Gasteiger partial charge on any atom is 0.228 e. The lowest BCUT2D eigenvalue weighted by atomic mass is 9.98. The fourth-order valence-electron chi connectivity index (χ4n) is 2.46. The minimum Gasteiger partial charge on any atom is -0.326 e. The Balaban J connectivity index is 1.86. The molecule has 0 aromatic heterocycles. The van der Waals surface area contributed by atoms with Crippen molar-refractivity contribution in [1.29, 1.82) is 0 Å². The van der Waals surface area contributed by atoms with Gasteiger partial charge >= 0.3 is 0 Å². The number of unbranched alkanes of at least 4 members (excludes halogenated alkanes) is 1. The molecule has 1 saturated heterocycles. The van der Waals surface area contributed by atoms with Gasteiger partial charge in [0.15, 0.2) is 0 Å². The molecule has 3 heteroatoms. The first-order valence-corrected chi connectivity index (χ1v) is 7.40. The number of hydrogen-bond acceptors (Lipinski definition) is 2. The van der Waals surface area contributed by atoms with Crippen LogP contribution in [-0.4, -0.2) is 19.0 Å². The van der Waals surface area contributed by atoms with Crippen LogP contribution in [0.25, 0.3) is 0 Å². The summed E-state index contributed by atoms with van der Waals surface area (Å²) in [6, 6.07) is 8.26. The van der Waals surface area contributed by atoms with Crippen molar-refractivity contribution in [3.63, 3.8) is 0 Å². The highest BCUT2D eigenvalue weighted by Gasteiger charge is 2.20. The van der Waals surface area contributed by atoms with Crippen LogP contribution in [0.1, 0.15) is 38.2 Å². The van der Waals surface area contributed by atoms with Gasteiger partial charge in [-0.05, 0) is 49.9 Å². The summed E-state index contributed by atoms with van der Waals surface area (Å²) in [5, 5.41) is 6.29. The van der Waals surface area contributed by atoms with E-state index in [4.69, 9.17) is 0 Å². The average molecular weight is 260 g/mol. The second-order valence-electron chi connectivity index (χ2n) is 5.33. The summed E-state index contributed by atoms with van der Waals surface area (Å²) in [6.45, 7) is 4.04. The molecule has 1 aromatic rings. The maximum absolute atomic E-state index is 12.1. The van der Waals surface area contributed by atoms with Crippen molar-refractivity contribution in [1.82, 2.24) is 5.32 Å².